The molecular weight excluding hydrogens is 240 g/mol. The summed E-state index contributed by atoms with van der Waals surface area (Å²) in [6.07, 6.45) is 5.86. The Morgan fingerprint density at radius 3 is 2.84 bits per heavy atom. The summed E-state index contributed by atoms with van der Waals surface area (Å²) in [5.41, 5.74) is -0.0815. The van der Waals surface area contributed by atoms with Gasteiger partial charge in [-0.2, -0.15) is 0 Å². The lowest BCUT2D eigenvalue weighted by Gasteiger charge is -2.20. The van der Waals surface area contributed by atoms with Crippen LogP contribution in [-0.4, -0.2) is 23.7 Å². The maximum absolute atomic E-state index is 5.84. The number of aromatic nitrogens is 1. The van der Waals surface area contributed by atoms with Crippen molar-refractivity contribution >= 4 is 0 Å². The highest BCUT2D eigenvalue weighted by Gasteiger charge is 2.35. The predicted octanol–water partition coefficient (Wildman–Crippen LogP) is 3.02. The first kappa shape index (κ1) is 14.5. The highest BCUT2D eigenvalue weighted by molar-refractivity contribution is 5.07. The minimum absolute atomic E-state index is 0.174. The third-order valence-electron chi connectivity index (χ3n) is 3.52. The Labute approximate surface area is 115 Å². The molecule has 0 radical (unpaired) electrons. The molecule has 1 fully saturated rings. The number of hydrogen-bond donors (Lipinski definition) is 1. The van der Waals surface area contributed by atoms with E-state index < -0.39 is 0 Å². The number of nitrogens with zero attached hydrogens (tertiary/aromatic N) is 1. The van der Waals surface area contributed by atoms with Crippen molar-refractivity contribution in [1.82, 2.24) is 10.3 Å². The summed E-state index contributed by atoms with van der Waals surface area (Å²) in [5, 5.41) is 3.47. The zero-order valence-electron chi connectivity index (χ0n) is 12.6. The number of aryl methyl sites for hydroxylation is 1. The number of hydrogen-bond acceptors (Lipinski definition) is 4. The van der Waals surface area contributed by atoms with Crippen molar-refractivity contribution in [1.29, 1.82) is 0 Å². The van der Waals surface area contributed by atoms with Crippen LogP contribution in [-0.2, 0) is 16.8 Å². The third-order valence-corrected chi connectivity index (χ3v) is 3.52. The molecule has 0 amide bonds. The molecule has 2 rings (SSSR count). The van der Waals surface area contributed by atoms with Crippen LogP contribution in [0.25, 0.3) is 0 Å². The maximum Gasteiger partial charge on any atom is 0.194 e. The molecule has 0 spiro atoms. The summed E-state index contributed by atoms with van der Waals surface area (Å²) in [5.74, 6) is 1.70. The summed E-state index contributed by atoms with van der Waals surface area (Å²) < 4.78 is 11.6. The van der Waals surface area contributed by atoms with Crippen molar-refractivity contribution < 1.29 is 9.15 Å². The largest absolute Gasteiger partial charge is 0.443 e. The van der Waals surface area contributed by atoms with E-state index in [0.717, 1.165) is 50.5 Å². The van der Waals surface area contributed by atoms with Crippen molar-refractivity contribution in [3.63, 3.8) is 0 Å². The molecule has 1 aliphatic rings. The molecule has 1 aromatic heterocycles. The van der Waals surface area contributed by atoms with Crippen LogP contribution in [0, 0.1) is 0 Å². The van der Waals surface area contributed by atoms with Gasteiger partial charge in [-0.05, 0) is 53.5 Å². The van der Waals surface area contributed by atoms with Crippen molar-refractivity contribution in [2.45, 2.75) is 64.5 Å². The molecule has 1 N–H and O–H groups in total. The van der Waals surface area contributed by atoms with Gasteiger partial charge in [-0.1, -0.05) is 0 Å². The van der Waals surface area contributed by atoms with Gasteiger partial charge in [0, 0.05) is 18.6 Å². The average molecular weight is 266 g/mol. The fourth-order valence-electron chi connectivity index (χ4n) is 2.35. The molecule has 108 valence electrons. The van der Waals surface area contributed by atoms with Crippen LogP contribution in [0.2, 0.25) is 0 Å². The SMILES string of the molecule is CC(C)(C)NCCCc1ncc(C2(C)CCCO2)o1. The third kappa shape index (κ3) is 4.05. The van der Waals surface area contributed by atoms with Gasteiger partial charge in [0.15, 0.2) is 11.7 Å². The Kier molecular flexibility index (Phi) is 4.31. The van der Waals surface area contributed by atoms with Crippen molar-refractivity contribution in [3.05, 3.63) is 17.8 Å². The fourth-order valence-corrected chi connectivity index (χ4v) is 2.35. The van der Waals surface area contributed by atoms with E-state index >= 15 is 0 Å². The van der Waals surface area contributed by atoms with E-state index in [4.69, 9.17) is 9.15 Å². The zero-order chi connectivity index (χ0) is 13.9. The summed E-state index contributed by atoms with van der Waals surface area (Å²) in [6, 6.07) is 0. The first-order valence-electron chi connectivity index (χ1n) is 7.23. The highest BCUT2D eigenvalue weighted by atomic mass is 16.5. The lowest BCUT2D eigenvalue weighted by molar-refractivity contribution is -0.00165. The van der Waals surface area contributed by atoms with Gasteiger partial charge in [-0.15, -0.1) is 0 Å². The first-order valence-corrected chi connectivity index (χ1v) is 7.23. The topological polar surface area (TPSA) is 47.3 Å². The van der Waals surface area contributed by atoms with Gasteiger partial charge in [0.1, 0.15) is 5.60 Å². The minimum Gasteiger partial charge on any atom is -0.443 e. The van der Waals surface area contributed by atoms with E-state index in [1.807, 2.05) is 6.20 Å². The minimum atomic E-state index is -0.255. The number of rotatable bonds is 5. The molecule has 1 unspecified atom stereocenters. The van der Waals surface area contributed by atoms with Crippen LogP contribution < -0.4 is 5.32 Å². The summed E-state index contributed by atoms with van der Waals surface area (Å²) in [6.45, 7) is 10.4. The summed E-state index contributed by atoms with van der Waals surface area (Å²) in [7, 11) is 0. The van der Waals surface area contributed by atoms with Crippen LogP contribution in [0.1, 0.15) is 58.6 Å². The van der Waals surface area contributed by atoms with Crippen LogP contribution >= 0.6 is 0 Å². The van der Waals surface area contributed by atoms with Gasteiger partial charge in [0.2, 0.25) is 0 Å². The second-order valence-corrected chi connectivity index (χ2v) is 6.58. The lowest BCUT2D eigenvalue weighted by Crippen LogP contribution is -2.36. The van der Waals surface area contributed by atoms with Crippen molar-refractivity contribution in [2.75, 3.05) is 13.2 Å². The molecule has 0 aromatic carbocycles. The number of nitrogens with one attached hydrogen (secondary N) is 1. The molecule has 0 bridgehead atoms. The average Bonchev–Trinajstić information content (AvgIpc) is 2.93. The lowest BCUT2D eigenvalue weighted by atomic mass is 10.0. The molecule has 4 heteroatoms. The second kappa shape index (κ2) is 5.63. The molecule has 1 atom stereocenters. The normalized spacial score (nSPS) is 24.0. The second-order valence-electron chi connectivity index (χ2n) is 6.58. The van der Waals surface area contributed by atoms with Crippen LogP contribution in [0.4, 0.5) is 0 Å². The molecule has 0 saturated carbocycles. The number of oxazole rings is 1. The van der Waals surface area contributed by atoms with E-state index in [1.165, 1.54) is 0 Å². The molecule has 1 aliphatic heterocycles. The predicted molar refractivity (Wildman–Crippen MR) is 75.1 cm³/mol. The molecule has 4 nitrogen and oxygen atoms in total. The summed E-state index contributed by atoms with van der Waals surface area (Å²) >= 11 is 0. The standard InChI is InChI=1S/C15H26N2O2/c1-14(2,3)17-9-5-7-13-16-11-12(19-13)15(4)8-6-10-18-15/h11,17H,5-10H2,1-4H3. The van der Waals surface area contributed by atoms with Crippen molar-refractivity contribution in [2.24, 2.45) is 0 Å². The van der Waals surface area contributed by atoms with Crippen LogP contribution in [0.3, 0.4) is 0 Å². The molecule has 2 heterocycles. The van der Waals surface area contributed by atoms with E-state index in [0.29, 0.717) is 0 Å². The maximum atomic E-state index is 5.84. The highest BCUT2D eigenvalue weighted by Crippen LogP contribution is 2.35. The van der Waals surface area contributed by atoms with Gasteiger partial charge in [0.25, 0.3) is 0 Å². The Balaban J connectivity index is 1.81. The van der Waals surface area contributed by atoms with Gasteiger partial charge in [-0.3, -0.25) is 0 Å². The van der Waals surface area contributed by atoms with Crippen LogP contribution in [0.15, 0.2) is 10.6 Å². The molecular formula is C15H26N2O2. The fraction of sp³-hybridized carbons (Fsp3) is 0.800. The molecule has 0 aliphatic carbocycles. The number of ether oxygens (including phenoxy) is 1. The van der Waals surface area contributed by atoms with Gasteiger partial charge in [0.05, 0.1) is 6.20 Å². The van der Waals surface area contributed by atoms with Gasteiger partial charge >= 0.3 is 0 Å². The Morgan fingerprint density at radius 2 is 2.21 bits per heavy atom. The Hall–Kier alpha value is -0.870. The monoisotopic (exact) mass is 266 g/mol. The summed E-state index contributed by atoms with van der Waals surface area (Å²) in [4.78, 5) is 4.37. The van der Waals surface area contributed by atoms with E-state index in [2.05, 4.69) is 38.0 Å². The Bertz CT molecular complexity index is 401. The van der Waals surface area contributed by atoms with E-state index in [-0.39, 0.29) is 11.1 Å². The zero-order valence-corrected chi connectivity index (χ0v) is 12.6. The van der Waals surface area contributed by atoms with Crippen molar-refractivity contribution in [3.8, 4) is 0 Å². The molecule has 1 saturated heterocycles. The molecule has 1 aromatic rings. The Morgan fingerprint density at radius 1 is 1.42 bits per heavy atom. The smallest absolute Gasteiger partial charge is 0.194 e. The van der Waals surface area contributed by atoms with Crippen LogP contribution in [0.5, 0.6) is 0 Å². The van der Waals surface area contributed by atoms with Gasteiger partial charge < -0.3 is 14.5 Å². The molecule has 19 heavy (non-hydrogen) atoms. The quantitative estimate of drug-likeness (QED) is 0.832. The van der Waals surface area contributed by atoms with Gasteiger partial charge in [-0.25, -0.2) is 4.98 Å². The first-order chi connectivity index (χ1) is 8.89. The van der Waals surface area contributed by atoms with E-state index in [1.54, 1.807) is 0 Å². The van der Waals surface area contributed by atoms with E-state index in [9.17, 15) is 0 Å².